The Morgan fingerprint density at radius 3 is 2.53 bits per heavy atom. The zero-order valence-corrected chi connectivity index (χ0v) is 11.9. The van der Waals surface area contributed by atoms with Crippen molar-refractivity contribution in [2.75, 3.05) is 6.54 Å². The summed E-state index contributed by atoms with van der Waals surface area (Å²) in [4.78, 5) is 0. The molecule has 0 aliphatic heterocycles. The van der Waals surface area contributed by atoms with Crippen LogP contribution in [-0.2, 0) is 0 Å². The topological polar surface area (TPSA) is 12.0 Å². The van der Waals surface area contributed by atoms with Crippen LogP contribution in [0.15, 0.2) is 24.3 Å². The number of hydrogen-bond donors (Lipinski definition) is 1. The van der Waals surface area contributed by atoms with Crippen LogP contribution >= 0.6 is 11.6 Å². The van der Waals surface area contributed by atoms with Gasteiger partial charge >= 0.3 is 0 Å². The molecule has 0 heterocycles. The molecule has 0 radical (unpaired) electrons. The lowest BCUT2D eigenvalue weighted by atomic mass is 9.79. The highest BCUT2D eigenvalue weighted by atomic mass is 35.5. The Labute approximate surface area is 118 Å². The van der Waals surface area contributed by atoms with Crippen LogP contribution < -0.4 is 5.32 Å². The fourth-order valence-electron chi connectivity index (χ4n) is 2.87. The summed E-state index contributed by atoms with van der Waals surface area (Å²) in [5.74, 6) is -2.24. The molecule has 19 heavy (non-hydrogen) atoms. The molecule has 1 saturated carbocycles. The normalized spacial score (nSPS) is 21.3. The summed E-state index contributed by atoms with van der Waals surface area (Å²) >= 11 is 6.24. The Kier molecular flexibility index (Phi) is 4.80. The molecule has 0 aromatic heterocycles. The molecule has 1 aliphatic carbocycles. The molecule has 0 amide bonds. The molecule has 1 atom stereocenters. The van der Waals surface area contributed by atoms with Gasteiger partial charge in [0.25, 0.3) is 0 Å². The highest BCUT2D eigenvalue weighted by Gasteiger charge is 2.38. The van der Waals surface area contributed by atoms with Crippen LogP contribution in [0, 0.1) is 5.92 Å². The first kappa shape index (κ1) is 14.7. The van der Waals surface area contributed by atoms with Crippen molar-refractivity contribution in [3.63, 3.8) is 0 Å². The molecule has 1 unspecified atom stereocenters. The first-order chi connectivity index (χ1) is 9.03. The van der Waals surface area contributed by atoms with Crippen LogP contribution in [0.25, 0.3) is 0 Å². The maximum absolute atomic E-state index is 13.3. The van der Waals surface area contributed by atoms with Crippen LogP contribution in [0.4, 0.5) is 8.78 Å². The van der Waals surface area contributed by atoms with Crippen LogP contribution in [0.5, 0.6) is 0 Å². The van der Waals surface area contributed by atoms with E-state index in [0.717, 1.165) is 12.1 Å². The van der Waals surface area contributed by atoms with E-state index in [1.54, 1.807) is 0 Å². The minimum Gasteiger partial charge on any atom is -0.310 e. The largest absolute Gasteiger partial charge is 0.310 e. The van der Waals surface area contributed by atoms with Crippen LogP contribution in [-0.4, -0.2) is 12.5 Å². The molecule has 1 N–H and O–H groups in total. The van der Waals surface area contributed by atoms with Crippen molar-refractivity contribution in [1.29, 1.82) is 0 Å². The molecule has 106 valence electrons. The van der Waals surface area contributed by atoms with Gasteiger partial charge in [-0.2, -0.15) is 0 Å². The highest BCUT2D eigenvalue weighted by Crippen LogP contribution is 2.42. The monoisotopic (exact) mass is 287 g/mol. The van der Waals surface area contributed by atoms with Crippen molar-refractivity contribution in [1.82, 2.24) is 5.32 Å². The summed E-state index contributed by atoms with van der Waals surface area (Å²) in [5, 5.41) is 4.12. The van der Waals surface area contributed by atoms with Gasteiger partial charge in [-0.05, 0) is 36.9 Å². The Hall–Kier alpha value is -0.670. The molecule has 0 spiro atoms. The smallest absolute Gasteiger partial charge is 0.248 e. The Balaban J connectivity index is 2.15. The fourth-order valence-corrected chi connectivity index (χ4v) is 3.13. The first-order valence-electron chi connectivity index (χ1n) is 6.89. The zero-order valence-electron chi connectivity index (χ0n) is 11.1. The molecule has 1 aliphatic rings. The van der Waals surface area contributed by atoms with E-state index in [4.69, 9.17) is 11.6 Å². The number of hydrogen-bond acceptors (Lipinski definition) is 1. The van der Waals surface area contributed by atoms with Crippen molar-refractivity contribution in [2.45, 2.75) is 44.6 Å². The number of nitrogens with one attached hydrogen (secondary N) is 1. The molecular formula is C15H20ClF2N. The molecule has 1 fully saturated rings. The second-order valence-corrected chi connectivity index (χ2v) is 5.66. The molecule has 1 aromatic carbocycles. The van der Waals surface area contributed by atoms with Gasteiger partial charge in [-0.1, -0.05) is 36.7 Å². The summed E-state index contributed by atoms with van der Waals surface area (Å²) in [6.07, 6.45) is 1.08. The Morgan fingerprint density at radius 2 is 1.95 bits per heavy atom. The lowest BCUT2D eigenvalue weighted by Crippen LogP contribution is -2.34. The van der Waals surface area contributed by atoms with Gasteiger partial charge in [-0.15, -0.1) is 0 Å². The maximum atomic E-state index is 13.3. The second-order valence-electron chi connectivity index (χ2n) is 5.25. The molecule has 1 aromatic rings. The summed E-state index contributed by atoms with van der Waals surface area (Å²) in [7, 11) is 0. The van der Waals surface area contributed by atoms with Gasteiger partial charge < -0.3 is 5.32 Å². The zero-order chi connectivity index (χ0) is 13.9. The van der Waals surface area contributed by atoms with Crippen LogP contribution in [0.2, 0.25) is 5.02 Å². The van der Waals surface area contributed by atoms with E-state index in [0.29, 0.717) is 17.9 Å². The second kappa shape index (κ2) is 6.19. The highest BCUT2D eigenvalue weighted by molar-refractivity contribution is 6.31. The predicted molar refractivity (Wildman–Crippen MR) is 74.8 cm³/mol. The van der Waals surface area contributed by atoms with E-state index >= 15 is 0 Å². The summed E-state index contributed by atoms with van der Waals surface area (Å²) in [6.45, 7) is 2.84. The van der Waals surface area contributed by atoms with E-state index in [1.807, 2.05) is 31.2 Å². The standard InChI is InChI=1S/C15H20ClF2N/c1-2-19-14(12-5-3-4-6-13(12)16)11-7-9-15(17,18)10-8-11/h3-6,11,14,19H,2,7-10H2,1H3. The lowest BCUT2D eigenvalue weighted by Gasteiger charge is -2.34. The molecule has 2 rings (SSSR count). The summed E-state index contributed by atoms with van der Waals surface area (Å²) < 4.78 is 26.5. The third-order valence-corrected chi connectivity index (χ3v) is 4.24. The SMILES string of the molecule is CCNC(c1ccccc1Cl)C1CCC(F)(F)CC1. The third-order valence-electron chi connectivity index (χ3n) is 3.90. The van der Waals surface area contributed by atoms with Crippen molar-refractivity contribution in [2.24, 2.45) is 5.92 Å². The quantitative estimate of drug-likeness (QED) is 0.837. The van der Waals surface area contributed by atoms with Crippen LogP contribution in [0.1, 0.15) is 44.2 Å². The summed E-state index contributed by atoms with van der Waals surface area (Å²) in [6, 6.07) is 7.77. The molecular weight excluding hydrogens is 268 g/mol. The Morgan fingerprint density at radius 1 is 1.32 bits per heavy atom. The van der Waals surface area contributed by atoms with E-state index < -0.39 is 5.92 Å². The van der Waals surface area contributed by atoms with Gasteiger partial charge in [0.15, 0.2) is 0 Å². The molecule has 0 saturated heterocycles. The van der Waals surface area contributed by atoms with Gasteiger partial charge in [-0.3, -0.25) is 0 Å². The minimum absolute atomic E-state index is 0.00991. The van der Waals surface area contributed by atoms with Gasteiger partial charge in [0, 0.05) is 23.9 Å². The average Bonchev–Trinajstić information content (AvgIpc) is 2.38. The van der Waals surface area contributed by atoms with Crippen LogP contribution in [0.3, 0.4) is 0 Å². The van der Waals surface area contributed by atoms with Crippen molar-refractivity contribution in [3.8, 4) is 0 Å². The number of rotatable bonds is 4. The molecule has 0 bridgehead atoms. The number of benzene rings is 1. The van der Waals surface area contributed by atoms with E-state index in [2.05, 4.69) is 5.32 Å². The Bertz CT molecular complexity index is 412. The molecule has 1 nitrogen and oxygen atoms in total. The fraction of sp³-hybridized carbons (Fsp3) is 0.600. The molecule has 4 heteroatoms. The first-order valence-corrected chi connectivity index (χ1v) is 7.27. The lowest BCUT2D eigenvalue weighted by molar-refractivity contribution is -0.0497. The van der Waals surface area contributed by atoms with Crippen molar-refractivity contribution < 1.29 is 8.78 Å². The van der Waals surface area contributed by atoms with Gasteiger partial charge in [-0.25, -0.2) is 8.78 Å². The van der Waals surface area contributed by atoms with E-state index in [1.165, 1.54) is 0 Å². The van der Waals surface area contributed by atoms with Gasteiger partial charge in [0.2, 0.25) is 5.92 Å². The summed E-state index contributed by atoms with van der Waals surface area (Å²) in [5.41, 5.74) is 1.03. The van der Waals surface area contributed by atoms with E-state index in [9.17, 15) is 8.78 Å². The van der Waals surface area contributed by atoms with Gasteiger partial charge in [0.05, 0.1) is 0 Å². The predicted octanol–water partition coefficient (Wildman–Crippen LogP) is 4.82. The van der Waals surface area contributed by atoms with Crippen molar-refractivity contribution in [3.05, 3.63) is 34.9 Å². The van der Waals surface area contributed by atoms with Gasteiger partial charge in [0.1, 0.15) is 0 Å². The maximum Gasteiger partial charge on any atom is 0.248 e. The van der Waals surface area contributed by atoms with Crippen molar-refractivity contribution >= 4 is 11.6 Å². The number of halogens is 3. The average molecular weight is 288 g/mol. The number of alkyl halides is 2. The minimum atomic E-state index is -2.48. The third kappa shape index (κ3) is 3.67. The van der Waals surface area contributed by atoms with E-state index in [-0.39, 0.29) is 24.8 Å².